The number of carbonyl (C=O) groups excluding carboxylic acids is 2. The maximum atomic E-state index is 12.4. The van der Waals surface area contributed by atoms with Crippen LogP contribution in [0.1, 0.15) is 36.9 Å². The lowest BCUT2D eigenvalue weighted by Gasteiger charge is -2.35. The Labute approximate surface area is 129 Å². The molecule has 116 valence electrons. The Morgan fingerprint density at radius 1 is 1.32 bits per heavy atom. The molecule has 1 heterocycles. The molecule has 1 saturated carbocycles. The van der Waals surface area contributed by atoms with E-state index in [1.54, 1.807) is 4.90 Å². The molecule has 5 heteroatoms. The summed E-state index contributed by atoms with van der Waals surface area (Å²) < 4.78 is 4.95. The number of hydrogen-bond acceptors (Lipinski definition) is 3. The van der Waals surface area contributed by atoms with Crippen molar-refractivity contribution in [1.82, 2.24) is 10.2 Å². The van der Waals surface area contributed by atoms with Gasteiger partial charge in [-0.2, -0.15) is 0 Å². The first kappa shape index (κ1) is 14.6. The standard InChI is InChI=1S/C17H20N2O3/c1-10-5-4-6-12(9-10)15-14(16(20)22-3)11(2)19(13-7-8-13)17(21)18-15/h4-6,9,13,15H,7-8H2,1-3H3,(H,18,21)/t15-/m0/s1. The number of esters is 1. The number of methoxy groups -OCH3 is 1. The number of amides is 2. The van der Waals surface area contributed by atoms with E-state index in [0.717, 1.165) is 24.0 Å². The molecule has 3 rings (SSSR count). The minimum absolute atomic E-state index is 0.140. The monoisotopic (exact) mass is 300 g/mol. The fourth-order valence-corrected chi connectivity index (χ4v) is 3.00. The molecule has 5 nitrogen and oxygen atoms in total. The van der Waals surface area contributed by atoms with Gasteiger partial charge in [0.05, 0.1) is 18.7 Å². The predicted octanol–water partition coefficient (Wildman–Crippen LogP) is 2.67. The molecule has 1 aromatic carbocycles. The van der Waals surface area contributed by atoms with E-state index in [9.17, 15) is 9.59 Å². The summed E-state index contributed by atoms with van der Waals surface area (Å²) in [5, 5.41) is 2.96. The number of nitrogens with one attached hydrogen (secondary N) is 1. The minimum Gasteiger partial charge on any atom is -0.466 e. The van der Waals surface area contributed by atoms with Crippen molar-refractivity contribution < 1.29 is 14.3 Å². The van der Waals surface area contributed by atoms with Crippen LogP contribution in [0.4, 0.5) is 4.79 Å². The van der Waals surface area contributed by atoms with Gasteiger partial charge in [-0.25, -0.2) is 9.59 Å². The molecule has 2 amide bonds. The molecule has 0 aromatic heterocycles. The van der Waals surface area contributed by atoms with Crippen LogP contribution in [-0.2, 0) is 9.53 Å². The molecule has 0 bridgehead atoms. The molecular formula is C17H20N2O3. The molecule has 0 unspecified atom stereocenters. The van der Waals surface area contributed by atoms with Gasteiger partial charge in [0.1, 0.15) is 0 Å². The van der Waals surface area contributed by atoms with Gasteiger partial charge in [-0.15, -0.1) is 0 Å². The Bertz CT molecular complexity index is 662. The summed E-state index contributed by atoms with van der Waals surface area (Å²) in [6.07, 6.45) is 1.96. The lowest BCUT2D eigenvalue weighted by molar-refractivity contribution is -0.136. The van der Waals surface area contributed by atoms with Gasteiger partial charge in [0.25, 0.3) is 0 Å². The summed E-state index contributed by atoms with van der Waals surface area (Å²) in [4.78, 5) is 26.4. The third-order valence-electron chi connectivity index (χ3n) is 4.22. The second-order valence-electron chi connectivity index (χ2n) is 5.89. The van der Waals surface area contributed by atoms with Crippen LogP contribution in [0.5, 0.6) is 0 Å². The van der Waals surface area contributed by atoms with E-state index in [4.69, 9.17) is 4.74 Å². The van der Waals surface area contributed by atoms with E-state index < -0.39 is 12.0 Å². The van der Waals surface area contributed by atoms with Crippen molar-refractivity contribution in [2.45, 2.75) is 38.8 Å². The van der Waals surface area contributed by atoms with E-state index >= 15 is 0 Å². The Morgan fingerprint density at radius 3 is 2.64 bits per heavy atom. The van der Waals surface area contributed by atoms with Crippen LogP contribution in [-0.4, -0.2) is 30.1 Å². The molecule has 1 fully saturated rings. The van der Waals surface area contributed by atoms with Crippen LogP contribution in [0.25, 0.3) is 0 Å². The second kappa shape index (κ2) is 5.48. The lowest BCUT2D eigenvalue weighted by Crippen LogP contribution is -2.48. The van der Waals surface area contributed by atoms with E-state index in [-0.39, 0.29) is 12.1 Å². The second-order valence-corrected chi connectivity index (χ2v) is 5.89. The maximum Gasteiger partial charge on any atom is 0.337 e. The largest absolute Gasteiger partial charge is 0.466 e. The van der Waals surface area contributed by atoms with Crippen LogP contribution in [0.3, 0.4) is 0 Å². The number of ether oxygens (including phenoxy) is 1. The molecule has 2 aliphatic rings. The fraction of sp³-hybridized carbons (Fsp3) is 0.412. The quantitative estimate of drug-likeness (QED) is 0.873. The number of urea groups is 1. The van der Waals surface area contributed by atoms with Crippen LogP contribution in [0.15, 0.2) is 35.5 Å². The van der Waals surface area contributed by atoms with Crippen molar-refractivity contribution in [2.24, 2.45) is 0 Å². The van der Waals surface area contributed by atoms with Crippen molar-refractivity contribution in [2.75, 3.05) is 7.11 Å². The summed E-state index contributed by atoms with van der Waals surface area (Å²) in [5.74, 6) is -0.394. The average Bonchev–Trinajstić information content (AvgIpc) is 3.30. The molecule has 1 N–H and O–H groups in total. The zero-order valence-electron chi connectivity index (χ0n) is 13.1. The first-order valence-electron chi connectivity index (χ1n) is 7.48. The van der Waals surface area contributed by atoms with Crippen LogP contribution in [0.2, 0.25) is 0 Å². The molecule has 1 aliphatic heterocycles. The van der Waals surface area contributed by atoms with Gasteiger partial charge < -0.3 is 10.1 Å². The third-order valence-corrected chi connectivity index (χ3v) is 4.22. The molecule has 0 saturated heterocycles. The minimum atomic E-state index is -0.463. The number of rotatable bonds is 3. The van der Waals surface area contributed by atoms with Crippen LogP contribution < -0.4 is 5.32 Å². The van der Waals surface area contributed by atoms with Crippen LogP contribution in [0, 0.1) is 6.92 Å². The average molecular weight is 300 g/mol. The van der Waals surface area contributed by atoms with Gasteiger partial charge in [-0.05, 0) is 32.3 Å². The summed E-state index contributed by atoms with van der Waals surface area (Å²) in [5.41, 5.74) is 3.19. The smallest absolute Gasteiger partial charge is 0.337 e. The molecule has 1 aromatic rings. The molecular weight excluding hydrogens is 280 g/mol. The van der Waals surface area contributed by atoms with Crippen molar-refractivity contribution in [3.05, 3.63) is 46.7 Å². The SMILES string of the molecule is COC(=O)C1=C(C)N(C2CC2)C(=O)N[C@H]1c1cccc(C)c1. The zero-order valence-corrected chi connectivity index (χ0v) is 13.1. The third kappa shape index (κ3) is 2.47. The highest BCUT2D eigenvalue weighted by atomic mass is 16.5. The highest BCUT2D eigenvalue weighted by Crippen LogP contribution is 2.37. The van der Waals surface area contributed by atoms with Crippen molar-refractivity contribution >= 4 is 12.0 Å². The number of hydrogen-bond donors (Lipinski definition) is 1. The predicted molar refractivity (Wildman–Crippen MR) is 82.0 cm³/mol. The first-order valence-corrected chi connectivity index (χ1v) is 7.48. The van der Waals surface area contributed by atoms with Gasteiger partial charge in [0.15, 0.2) is 0 Å². The lowest BCUT2D eigenvalue weighted by atomic mass is 9.94. The fourth-order valence-electron chi connectivity index (χ4n) is 3.00. The Kier molecular flexibility index (Phi) is 3.64. The van der Waals surface area contributed by atoms with Gasteiger partial charge in [-0.1, -0.05) is 29.8 Å². The van der Waals surface area contributed by atoms with Crippen LogP contribution >= 0.6 is 0 Å². The highest BCUT2D eigenvalue weighted by molar-refractivity contribution is 5.95. The Morgan fingerprint density at radius 2 is 2.05 bits per heavy atom. The summed E-state index contributed by atoms with van der Waals surface area (Å²) in [6, 6.07) is 7.41. The molecule has 0 radical (unpaired) electrons. The normalized spacial score (nSPS) is 21.7. The van der Waals surface area contributed by atoms with Gasteiger partial charge in [0.2, 0.25) is 0 Å². The van der Waals surface area contributed by atoms with E-state index in [2.05, 4.69) is 5.32 Å². The maximum absolute atomic E-state index is 12.4. The zero-order chi connectivity index (χ0) is 15.9. The number of benzene rings is 1. The Hall–Kier alpha value is -2.30. The molecule has 0 spiro atoms. The van der Waals surface area contributed by atoms with E-state index in [1.807, 2.05) is 38.1 Å². The topological polar surface area (TPSA) is 58.6 Å². The number of carbonyl (C=O) groups is 2. The molecule has 1 aliphatic carbocycles. The molecule has 22 heavy (non-hydrogen) atoms. The van der Waals surface area contributed by atoms with Crippen molar-refractivity contribution in [3.63, 3.8) is 0 Å². The van der Waals surface area contributed by atoms with Crippen molar-refractivity contribution in [3.8, 4) is 0 Å². The first-order chi connectivity index (χ1) is 10.5. The highest BCUT2D eigenvalue weighted by Gasteiger charge is 2.42. The number of allylic oxidation sites excluding steroid dienone is 1. The summed E-state index contributed by atoms with van der Waals surface area (Å²) in [7, 11) is 1.37. The van der Waals surface area contributed by atoms with Gasteiger partial charge in [0, 0.05) is 11.7 Å². The summed E-state index contributed by atoms with van der Waals surface area (Å²) in [6.45, 7) is 3.81. The summed E-state index contributed by atoms with van der Waals surface area (Å²) >= 11 is 0. The molecule has 1 atom stereocenters. The van der Waals surface area contributed by atoms with Gasteiger partial charge in [-0.3, -0.25) is 4.90 Å². The number of aryl methyl sites for hydroxylation is 1. The van der Waals surface area contributed by atoms with E-state index in [0.29, 0.717) is 11.3 Å². The van der Waals surface area contributed by atoms with Crippen molar-refractivity contribution in [1.29, 1.82) is 0 Å². The Balaban J connectivity index is 2.08. The number of nitrogens with zero attached hydrogens (tertiary/aromatic N) is 1. The van der Waals surface area contributed by atoms with E-state index in [1.165, 1.54) is 7.11 Å². The van der Waals surface area contributed by atoms with Gasteiger partial charge >= 0.3 is 12.0 Å².